The molecule has 2 nitrogen and oxygen atoms in total. The van der Waals surface area contributed by atoms with Gasteiger partial charge in [0.15, 0.2) is 5.58 Å². The minimum atomic E-state index is 0.876. The van der Waals surface area contributed by atoms with Gasteiger partial charge < -0.3 is 9.32 Å². The maximum atomic E-state index is 7.12. The summed E-state index contributed by atoms with van der Waals surface area (Å²) in [7, 11) is 0. The third-order valence-electron chi connectivity index (χ3n) is 9.41. The van der Waals surface area contributed by atoms with E-state index in [4.69, 9.17) is 4.42 Å². The molecule has 47 heavy (non-hydrogen) atoms. The highest BCUT2D eigenvalue weighted by atomic mass is 32.1. The van der Waals surface area contributed by atoms with Crippen molar-refractivity contribution in [3.63, 3.8) is 0 Å². The van der Waals surface area contributed by atoms with E-state index in [1.165, 1.54) is 41.9 Å². The maximum Gasteiger partial charge on any atom is 0.159 e. The summed E-state index contributed by atoms with van der Waals surface area (Å²) in [5.41, 5.74) is 7.30. The van der Waals surface area contributed by atoms with Gasteiger partial charge in [-0.1, -0.05) is 121 Å². The number of fused-ring (bicyclic) bond motifs is 11. The van der Waals surface area contributed by atoms with E-state index in [0.29, 0.717) is 0 Å². The van der Waals surface area contributed by atoms with Crippen LogP contribution >= 0.6 is 11.3 Å². The lowest BCUT2D eigenvalue weighted by Gasteiger charge is -2.26. The number of hydrogen-bond donors (Lipinski definition) is 0. The van der Waals surface area contributed by atoms with Crippen molar-refractivity contribution in [3.05, 3.63) is 164 Å². The first-order valence-electron chi connectivity index (χ1n) is 15.9. The molecular weight excluding hydrogens is 591 g/mol. The van der Waals surface area contributed by atoms with Crippen molar-refractivity contribution >= 4 is 92.1 Å². The van der Waals surface area contributed by atoms with E-state index in [2.05, 4.69) is 169 Å². The molecule has 0 unspecified atom stereocenters. The molecule has 0 aliphatic rings. The predicted octanol–water partition coefficient (Wildman–Crippen LogP) is 13.4. The van der Waals surface area contributed by atoms with E-state index in [0.717, 1.165) is 50.0 Å². The number of thiophene rings is 1. The topological polar surface area (TPSA) is 16.4 Å². The summed E-state index contributed by atoms with van der Waals surface area (Å²) in [6.07, 6.45) is 0. The zero-order valence-electron chi connectivity index (χ0n) is 25.4. The molecule has 10 rings (SSSR count). The monoisotopic (exact) mass is 617 g/mol. The van der Waals surface area contributed by atoms with E-state index >= 15 is 0 Å². The number of rotatable bonds is 4. The largest absolute Gasteiger partial charge is 0.453 e. The molecule has 0 saturated heterocycles. The van der Waals surface area contributed by atoms with Gasteiger partial charge in [-0.25, -0.2) is 0 Å². The standard InChI is InChI=1S/C44H27NOS/c1-3-13-28(14-4-1)29-25-38-42-36-20-9-7-17-32(36)33-18-8-10-21-37(33)44(42)46-43(38)39(26-29)45(30-15-5-2-6-16-30)31-23-24-35-34-19-11-12-22-40(34)47-41(35)27-31/h1-27H. The number of furan rings is 1. The Morgan fingerprint density at radius 3 is 1.79 bits per heavy atom. The maximum absolute atomic E-state index is 7.12. The highest BCUT2D eigenvalue weighted by Crippen LogP contribution is 2.48. The molecule has 2 heterocycles. The van der Waals surface area contributed by atoms with Gasteiger partial charge in [-0.2, -0.15) is 0 Å². The van der Waals surface area contributed by atoms with Gasteiger partial charge in [0.2, 0.25) is 0 Å². The Labute approximate surface area is 275 Å². The van der Waals surface area contributed by atoms with E-state index in [9.17, 15) is 0 Å². The number of anilines is 3. The summed E-state index contributed by atoms with van der Waals surface area (Å²) >= 11 is 1.84. The van der Waals surface area contributed by atoms with Crippen LogP contribution in [0, 0.1) is 0 Å². The van der Waals surface area contributed by atoms with Crippen LogP contribution in [0.4, 0.5) is 17.1 Å². The summed E-state index contributed by atoms with van der Waals surface area (Å²) in [5.74, 6) is 0. The summed E-state index contributed by atoms with van der Waals surface area (Å²) in [6.45, 7) is 0. The lowest BCUT2D eigenvalue weighted by molar-refractivity contribution is 0.673. The van der Waals surface area contributed by atoms with Gasteiger partial charge >= 0.3 is 0 Å². The van der Waals surface area contributed by atoms with Crippen molar-refractivity contribution in [3.8, 4) is 11.1 Å². The molecule has 0 aliphatic heterocycles. The second-order valence-corrected chi connectivity index (χ2v) is 13.2. The van der Waals surface area contributed by atoms with Crippen molar-refractivity contribution in [2.75, 3.05) is 4.90 Å². The summed E-state index contributed by atoms with van der Waals surface area (Å²) in [4.78, 5) is 2.37. The van der Waals surface area contributed by atoms with Crippen molar-refractivity contribution in [2.45, 2.75) is 0 Å². The first-order chi connectivity index (χ1) is 23.3. The van der Waals surface area contributed by atoms with Crippen LogP contribution in [0.15, 0.2) is 168 Å². The number of hydrogen-bond acceptors (Lipinski definition) is 3. The molecule has 3 heteroatoms. The molecule has 220 valence electrons. The Hall–Kier alpha value is -5.90. The van der Waals surface area contributed by atoms with Crippen LogP contribution in [-0.2, 0) is 0 Å². The summed E-state index contributed by atoms with van der Waals surface area (Å²) in [6, 6.07) is 58.8. The van der Waals surface area contributed by atoms with Crippen LogP contribution in [0.25, 0.3) is 74.8 Å². The molecule has 0 radical (unpaired) electrons. The lowest BCUT2D eigenvalue weighted by atomic mass is 9.95. The number of nitrogens with zero attached hydrogens (tertiary/aromatic N) is 1. The highest BCUT2D eigenvalue weighted by Gasteiger charge is 2.24. The minimum absolute atomic E-state index is 0.876. The van der Waals surface area contributed by atoms with Crippen LogP contribution < -0.4 is 4.90 Å². The van der Waals surface area contributed by atoms with Crippen molar-refractivity contribution < 1.29 is 4.42 Å². The van der Waals surface area contributed by atoms with Gasteiger partial charge in [-0.05, 0) is 69.8 Å². The smallest absolute Gasteiger partial charge is 0.159 e. The van der Waals surface area contributed by atoms with Gasteiger partial charge in [0.25, 0.3) is 0 Å². The molecule has 8 aromatic carbocycles. The molecule has 0 bridgehead atoms. The van der Waals surface area contributed by atoms with Crippen LogP contribution in [0.1, 0.15) is 0 Å². The van der Waals surface area contributed by atoms with Crippen LogP contribution in [0.2, 0.25) is 0 Å². The molecule has 10 aromatic rings. The summed E-state index contributed by atoms with van der Waals surface area (Å²) < 4.78 is 9.68. The quantitative estimate of drug-likeness (QED) is 0.183. The number of benzene rings is 8. The van der Waals surface area contributed by atoms with Crippen LogP contribution in [0.3, 0.4) is 0 Å². The van der Waals surface area contributed by atoms with Crippen LogP contribution in [-0.4, -0.2) is 0 Å². The Morgan fingerprint density at radius 1 is 0.383 bits per heavy atom. The average Bonchev–Trinajstić information content (AvgIpc) is 3.72. The van der Waals surface area contributed by atoms with Crippen molar-refractivity contribution in [2.24, 2.45) is 0 Å². The zero-order chi connectivity index (χ0) is 30.9. The Kier molecular flexibility index (Phi) is 5.78. The fraction of sp³-hybridized carbons (Fsp3) is 0. The molecular formula is C44H27NOS. The molecule has 0 fully saturated rings. The predicted molar refractivity (Wildman–Crippen MR) is 202 cm³/mol. The van der Waals surface area contributed by atoms with Gasteiger partial charge in [-0.3, -0.25) is 0 Å². The van der Waals surface area contributed by atoms with Gasteiger partial charge in [-0.15, -0.1) is 11.3 Å². The normalized spacial score (nSPS) is 11.8. The Bertz CT molecular complexity index is 2790. The summed E-state index contributed by atoms with van der Waals surface area (Å²) in [5, 5.41) is 9.62. The third kappa shape index (κ3) is 4.04. The van der Waals surface area contributed by atoms with Gasteiger partial charge in [0.1, 0.15) is 5.58 Å². The number of para-hydroxylation sites is 1. The van der Waals surface area contributed by atoms with Gasteiger partial charge in [0.05, 0.1) is 5.69 Å². The molecule has 0 N–H and O–H groups in total. The SMILES string of the molecule is c1ccc(-c2cc(N(c3ccccc3)c3ccc4c(c3)sc3ccccc34)c3oc4c5ccccc5c5ccccc5c4c3c2)cc1. The van der Waals surface area contributed by atoms with E-state index in [1.54, 1.807) is 0 Å². The van der Waals surface area contributed by atoms with E-state index in [1.807, 2.05) is 11.3 Å². The molecule has 0 aliphatic carbocycles. The van der Waals surface area contributed by atoms with E-state index in [-0.39, 0.29) is 0 Å². The second kappa shape index (κ2) is 10.3. The first kappa shape index (κ1) is 26.3. The lowest BCUT2D eigenvalue weighted by Crippen LogP contribution is -2.10. The van der Waals surface area contributed by atoms with Crippen molar-refractivity contribution in [1.82, 2.24) is 0 Å². The molecule has 0 saturated carbocycles. The van der Waals surface area contributed by atoms with E-state index < -0.39 is 0 Å². The Balaban J connectivity index is 1.35. The molecule has 2 aromatic heterocycles. The molecule has 0 atom stereocenters. The minimum Gasteiger partial charge on any atom is -0.453 e. The third-order valence-corrected chi connectivity index (χ3v) is 10.5. The Morgan fingerprint density at radius 2 is 1.00 bits per heavy atom. The zero-order valence-corrected chi connectivity index (χ0v) is 26.2. The second-order valence-electron chi connectivity index (χ2n) is 12.1. The van der Waals surface area contributed by atoms with Crippen LogP contribution in [0.5, 0.6) is 0 Å². The van der Waals surface area contributed by atoms with Crippen molar-refractivity contribution in [1.29, 1.82) is 0 Å². The molecule has 0 amide bonds. The highest BCUT2D eigenvalue weighted by molar-refractivity contribution is 7.25. The fourth-order valence-corrected chi connectivity index (χ4v) is 8.45. The first-order valence-corrected chi connectivity index (χ1v) is 16.7. The fourth-order valence-electron chi connectivity index (χ4n) is 7.31. The average molecular weight is 618 g/mol. The molecule has 0 spiro atoms. The van der Waals surface area contributed by atoms with Gasteiger partial charge in [0, 0.05) is 47.7 Å².